The summed E-state index contributed by atoms with van der Waals surface area (Å²) in [7, 11) is 0. The maximum absolute atomic E-state index is 12.3. The van der Waals surface area contributed by atoms with Crippen molar-refractivity contribution in [1.82, 2.24) is 75.8 Å². The number of fused-ring (bicyclic) bond motifs is 3. The van der Waals surface area contributed by atoms with Crippen molar-refractivity contribution < 1.29 is 96.2 Å². The van der Waals surface area contributed by atoms with Crippen LogP contribution in [0.4, 0.5) is 34.9 Å². The molecule has 0 spiro atoms. The predicted molar refractivity (Wildman–Crippen MR) is 328 cm³/mol. The molecule has 3 aromatic carbocycles. The number of carbonyl (C=O) groups excluding carboxylic acids is 6. The number of benzene rings is 3. The minimum Gasteiger partial charge on any atom is -0.550 e. The second kappa shape index (κ2) is 34.1. The number of carbonyl (C=O) groups is 9. The molecule has 3 amide bonds. The van der Waals surface area contributed by atoms with Crippen LogP contribution in [0.5, 0.6) is 0 Å². The minimum absolute atomic E-state index is 0. The van der Waals surface area contributed by atoms with E-state index in [4.69, 9.17) is 32.5 Å². The fourth-order valence-corrected chi connectivity index (χ4v) is 8.25. The van der Waals surface area contributed by atoms with Crippen molar-refractivity contribution in [3.63, 3.8) is 0 Å². The van der Waals surface area contributed by atoms with Crippen molar-refractivity contribution in [1.29, 1.82) is 0 Å². The summed E-state index contributed by atoms with van der Waals surface area (Å²) in [5.74, 6) is -10.4. The van der Waals surface area contributed by atoms with Crippen molar-refractivity contribution in [2.24, 2.45) is 0 Å². The van der Waals surface area contributed by atoms with Crippen LogP contribution < -0.4 is 81.1 Å². The number of carboxylic acid groups (broad SMARTS) is 6. The summed E-state index contributed by atoms with van der Waals surface area (Å²) in [5.41, 5.74) is 19.3. The minimum atomic E-state index is -1.40. The van der Waals surface area contributed by atoms with Gasteiger partial charge in [-0.15, -0.1) is 0 Å². The Labute approximate surface area is 557 Å². The van der Waals surface area contributed by atoms with Crippen LogP contribution >= 0.6 is 0 Å². The van der Waals surface area contributed by atoms with E-state index in [-0.39, 0.29) is 129 Å². The van der Waals surface area contributed by atoms with E-state index in [9.17, 15) is 72.9 Å². The molecule has 0 bridgehead atoms. The van der Waals surface area contributed by atoms with Crippen LogP contribution in [0.2, 0.25) is 0 Å². The van der Waals surface area contributed by atoms with Crippen molar-refractivity contribution in [2.75, 3.05) is 33.2 Å². The first kappa shape index (κ1) is 73.1. The average Bonchev–Trinajstić information content (AvgIpc) is 0.854. The number of aliphatic carboxylic acids is 6. The van der Waals surface area contributed by atoms with Gasteiger partial charge in [-0.05, 0) is 111 Å². The molecular weight excluding hydrogens is 1370 g/mol. The number of nitrogens with one attached hydrogen (secondary N) is 9. The second-order valence-electron chi connectivity index (χ2n) is 20.1. The maximum Gasteiger partial charge on any atom is 0.326 e. The molecule has 6 heterocycles. The molecule has 0 aliphatic rings. The van der Waals surface area contributed by atoms with E-state index in [1.807, 2.05) is 0 Å². The standard InChI is InChI=1S/3C19H19N7O6.Ag/c3*20-19-25-15-14(17(30)26-19)23-11(8-22-15)7-21-10-3-1-9(2-4-10)16(29)24-12(18(31)32)5-6-13(27)28;/h3*1-4,8,12,21H,5-7H2,(H,24,29)(H,27,28)(H,31,32)(H3,20,22,25,26,30);/p-3/t3*12-;/m000./s1. The SMILES string of the molecule is Nc1nc2ncc(CNc3ccc(C(=O)N[C@@H](CCC(=O)[O-])C(=O)O)cc3)nc2c(=O)[nH]1.Nc1nc2ncc(CNc3ccc(C(=O)N[C@@H](CCC(=O)[O-])C(=O)O)cc3)nc2c(=O)[nH]1.Nc1nc2ncc(CNc3ccc(C(=O)N[C@@H](CCC(=O)[O-])C(=O)O)cc3)nc2c(=O)[nH]1.[Ag]. The van der Waals surface area contributed by atoms with Gasteiger partial charge in [0.2, 0.25) is 17.8 Å². The molecule has 0 saturated carbocycles. The number of rotatable bonds is 27. The number of H-pyrrole nitrogens is 3. The molecule has 6 aromatic heterocycles. The zero-order valence-corrected chi connectivity index (χ0v) is 51.3. The quantitative estimate of drug-likeness (QED) is 0.0217. The molecular formula is C57H54AgN21O18-3. The molecule has 18 N–H and O–H groups in total. The fourth-order valence-electron chi connectivity index (χ4n) is 8.25. The van der Waals surface area contributed by atoms with Gasteiger partial charge in [-0.25, -0.2) is 44.3 Å². The third kappa shape index (κ3) is 21.9. The number of aromatic amines is 3. The molecule has 40 heteroatoms. The van der Waals surface area contributed by atoms with Crippen LogP contribution in [-0.4, -0.2) is 147 Å². The number of aromatic nitrogens is 12. The third-order valence-electron chi connectivity index (χ3n) is 13.0. The Kier molecular flexibility index (Phi) is 25.7. The number of hydrogen-bond acceptors (Lipinski definition) is 30. The zero-order chi connectivity index (χ0) is 69.8. The van der Waals surface area contributed by atoms with Gasteiger partial charge in [-0.2, -0.15) is 15.0 Å². The number of anilines is 6. The van der Waals surface area contributed by atoms with E-state index >= 15 is 0 Å². The number of hydrogen-bond donors (Lipinski definition) is 15. The van der Waals surface area contributed by atoms with Crippen molar-refractivity contribution in [3.8, 4) is 0 Å². The smallest absolute Gasteiger partial charge is 0.326 e. The van der Waals surface area contributed by atoms with E-state index in [1.54, 1.807) is 36.4 Å². The molecule has 97 heavy (non-hydrogen) atoms. The molecule has 1 radical (unpaired) electrons. The van der Waals surface area contributed by atoms with Crippen molar-refractivity contribution >= 4 is 122 Å². The summed E-state index contributed by atoms with van der Waals surface area (Å²) < 4.78 is 0. The number of amides is 3. The Morgan fingerprint density at radius 2 is 0.639 bits per heavy atom. The van der Waals surface area contributed by atoms with Gasteiger partial charge in [0.1, 0.15) is 18.1 Å². The molecule has 0 aliphatic heterocycles. The molecule has 9 rings (SSSR count). The summed E-state index contributed by atoms with van der Waals surface area (Å²) in [6.07, 6.45) is 1.99. The first-order valence-electron chi connectivity index (χ1n) is 27.9. The second-order valence-corrected chi connectivity index (χ2v) is 20.1. The van der Waals surface area contributed by atoms with E-state index in [1.165, 1.54) is 55.0 Å². The predicted octanol–water partition coefficient (Wildman–Crippen LogP) is -4.14. The van der Waals surface area contributed by atoms with Crippen LogP contribution in [0.25, 0.3) is 33.5 Å². The number of nitrogen functional groups attached to an aromatic ring is 3. The third-order valence-corrected chi connectivity index (χ3v) is 13.0. The largest absolute Gasteiger partial charge is 0.550 e. The van der Waals surface area contributed by atoms with Gasteiger partial charge >= 0.3 is 17.9 Å². The zero-order valence-electron chi connectivity index (χ0n) is 49.8. The Morgan fingerprint density at radius 1 is 0.402 bits per heavy atom. The monoisotopic (exact) mass is 1430 g/mol. The summed E-state index contributed by atoms with van der Waals surface area (Å²) in [6, 6.07) is 14.3. The van der Waals surface area contributed by atoms with Crippen molar-refractivity contribution in [3.05, 3.63) is 156 Å². The number of carboxylic acids is 6. The van der Waals surface area contributed by atoms with Gasteiger partial charge in [0.25, 0.3) is 34.4 Å². The van der Waals surface area contributed by atoms with Crippen LogP contribution in [0.15, 0.2) is 106 Å². The Bertz CT molecular complexity index is 4140. The summed E-state index contributed by atoms with van der Waals surface area (Å²) in [5, 5.41) is 74.9. The van der Waals surface area contributed by atoms with Gasteiger partial charge in [0.15, 0.2) is 33.5 Å². The number of nitrogens with zero attached hydrogens (tertiary/aromatic N) is 9. The Morgan fingerprint density at radius 3 is 0.856 bits per heavy atom. The molecule has 9 aromatic rings. The van der Waals surface area contributed by atoms with E-state index in [0.29, 0.717) is 34.1 Å². The summed E-state index contributed by atoms with van der Waals surface area (Å²) >= 11 is 0. The average molecular weight is 1430 g/mol. The Hall–Kier alpha value is -12.9. The van der Waals surface area contributed by atoms with Crippen molar-refractivity contribution in [2.45, 2.75) is 76.3 Å². The van der Waals surface area contributed by atoms with Gasteiger partial charge < -0.3 is 94.1 Å². The molecule has 39 nitrogen and oxygen atoms in total. The normalized spacial score (nSPS) is 11.5. The van der Waals surface area contributed by atoms with Gasteiger partial charge in [0, 0.05) is 74.0 Å². The van der Waals surface area contributed by atoms with E-state index in [0.717, 1.165) is 0 Å². The topological polar surface area (TPSA) is 648 Å². The first-order valence-corrected chi connectivity index (χ1v) is 27.9. The van der Waals surface area contributed by atoms with Gasteiger partial charge in [-0.1, -0.05) is 0 Å². The molecule has 0 saturated heterocycles. The fraction of sp³-hybridized carbons (Fsp3) is 0.211. The van der Waals surface area contributed by atoms with E-state index < -0.39 is 108 Å². The van der Waals surface area contributed by atoms with Crippen LogP contribution in [0.1, 0.15) is 86.7 Å². The molecule has 0 aliphatic carbocycles. The van der Waals surface area contributed by atoms with E-state index in [2.05, 4.69) is 91.7 Å². The van der Waals surface area contributed by atoms with Crippen LogP contribution in [0.3, 0.4) is 0 Å². The van der Waals surface area contributed by atoms with Crippen LogP contribution in [-0.2, 0) is 70.8 Å². The number of nitrogens with two attached hydrogens (primary N) is 3. The summed E-state index contributed by atoms with van der Waals surface area (Å²) in [6.45, 7) is 0.674. The molecule has 0 unspecified atom stereocenters. The first-order chi connectivity index (χ1) is 45.7. The molecule has 509 valence electrons. The van der Waals surface area contributed by atoms with Gasteiger partial charge in [-0.3, -0.25) is 43.7 Å². The summed E-state index contributed by atoms with van der Waals surface area (Å²) in [4.78, 5) is 181. The Balaban J connectivity index is 0.000000229. The maximum atomic E-state index is 12.3. The van der Waals surface area contributed by atoms with Gasteiger partial charge in [0.05, 0.1) is 55.3 Å². The molecule has 3 atom stereocenters. The van der Waals surface area contributed by atoms with Crippen LogP contribution in [0, 0.1) is 0 Å². The molecule has 0 fully saturated rings.